The third-order valence-electron chi connectivity index (χ3n) is 1.85. The highest BCUT2D eigenvalue weighted by molar-refractivity contribution is 6.32. The number of carbonyl (C=O) groups excluding carboxylic acids is 2. The Morgan fingerprint density at radius 3 is 2.24 bits per heavy atom. The van der Waals surface area contributed by atoms with Crippen molar-refractivity contribution >= 4 is 21.7 Å². The zero-order valence-corrected chi connectivity index (χ0v) is 12.5. The van der Waals surface area contributed by atoms with Crippen molar-refractivity contribution in [2.24, 2.45) is 5.92 Å². The van der Waals surface area contributed by atoms with E-state index in [-0.39, 0.29) is 0 Å². The van der Waals surface area contributed by atoms with Gasteiger partial charge in [-0.25, -0.2) is 9.59 Å². The van der Waals surface area contributed by atoms with Gasteiger partial charge in [0, 0.05) is 12.2 Å². The zero-order valence-electron chi connectivity index (χ0n) is 11.1. The highest BCUT2D eigenvalue weighted by Crippen LogP contribution is 2.00. The van der Waals surface area contributed by atoms with Gasteiger partial charge >= 0.3 is 11.9 Å². The topological polar surface area (TPSA) is 52.6 Å². The second-order valence-corrected chi connectivity index (χ2v) is 6.96. The highest BCUT2D eigenvalue weighted by Gasteiger charge is 2.03. The molecule has 98 valence electrons. The Hall–Kier alpha value is -1.10. The molecule has 0 unspecified atom stereocenters. The van der Waals surface area contributed by atoms with Crippen molar-refractivity contribution in [3.8, 4) is 0 Å². The first-order valence-corrected chi connectivity index (χ1v) is 7.32. The Bertz CT molecular complexity index is 272. The number of carbonyl (C=O) groups is 2. The fraction of sp³-hybridized carbons (Fsp3) is 0.667. The monoisotopic (exact) mass is 258 g/mol. The lowest BCUT2D eigenvalue weighted by Gasteiger charge is -2.05. The lowest BCUT2D eigenvalue weighted by atomic mass is 10.1. The molecule has 0 amide bonds. The second kappa shape index (κ2) is 8.98. The number of hydrogen-bond donors (Lipinski definition) is 0. The summed E-state index contributed by atoms with van der Waals surface area (Å²) in [6.07, 6.45) is 3.08. The summed E-state index contributed by atoms with van der Waals surface area (Å²) in [6, 6.07) is 0. The van der Waals surface area contributed by atoms with Gasteiger partial charge in [-0.2, -0.15) is 0 Å². The molecule has 0 aromatic carbocycles. The van der Waals surface area contributed by atoms with Gasteiger partial charge in [0.1, 0.15) is 0 Å². The van der Waals surface area contributed by atoms with Crippen LogP contribution in [0.3, 0.4) is 0 Å². The molecule has 0 atom stereocenters. The summed E-state index contributed by atoms with van der Waals surface area (Å²) < 4.78 is 9.91. The van der Waals surface area contributed by atoms with Gasteiger partial charge in [-0.1, -0.05) is 27.7 Å². The van der Waals surface area contributed by atoms with Crippen molar-refractivity contribution in [1.82, 2.24) is 0 Å². The average molecular weight is 258 g/mol. The maximum atomic E-state index is 11.2. The minimum atomic E-state index is -0.826. The second-order valence-electron chi connectivity index (χ2n) is 4.71. The van der Waals surface area contributed by atoms with E-state index in [0.29, 0.717) is 18.1 Å². The third kappa shape index (κ3) is 11.2. The molecule has 0 bridgehead atoms. The minimum Gasteiger partial charge on any atom is -0.522 e. The molecular weight excluding hydrogens is 236 g/mol. The van der Waals surface area contributed by atoms with Crippen LogP contribution in [0.15, 0.2) is 12.2 Å². The van der Waals surface area contributed by atoms with Gasteiger partial charge in [0.25, 0.3) is 0 Å². The van der Waals surface area contributed by atoms with E-state index in [1.54, 1.807) is 0 Å². The molecule has 0 aromatic heterocycles. The van der Waals surface area contributed by atoms with Crippen LogP contribution in [0.25, 0.3) is 0 Å². The van der Waals surface area contributed by atoms with E-state index in [4.69, 9.17) is 9.16 Å². The molecule has 0 spiro atoms. The third-order valence-corrected chi connectivity index (χ3v) is 2.97. The molecule has 0 saturated carbocycles. The van der Waals surface area contributed by atoms with Crippen molar-refractivity contribution < 1.29 is 18.8 Å². The van der Waals surface area contributed by atoms with Crippen molar-refractivity contribution in [1.29, 1.82) is 0 Å². The number of rotatable bonds is 7. The fourth-order valence-corrected chi connectivity index (χ4v) is 1.47. The van der Waals surface area contributed by atoms with Crippen LogP contribution in [-0.2, 0) is 18.8 Å². The summed E-state index contributed by atoms with van der Waals surface area (Å²) >= 11 is 0. The molecule has 0 N–H and O–H groups in total. The van der Waals surface area contributed by atoms with Gasteiger partial charge in [-0.05, 0) is 17.9 Å². The normalized spacial score (nSPS) is 11.9. The van der Waals surface area contributed by atoms with Crippen LogP contribution in [0.1, 0.15) is 34.1 Å². The first kappa shape index (κ1) is 15.9. The molecule has 0 heterocycles. The van der Waals surface area contributed by atoms with Crippen LogP contribution in [0.4, 0.5) is 0 Å². The number of hydrogen-bond acceptors (Lipinski definition) is 4. The van der Waals surface area contributed by atoms with E-state index in [1.807, 2.05) is 13.8 Å². The first-order chi connectivity index (χ1) is 7.91. The van der Waals surface area contributed by atoms with Crippen molar-refractivity contribution in [2.45, 2.75) is 39.7 Å². The predicted molar refractivity (Wildman–Crippen MR) is 69.3 cm³/mol. The Labute approximate surface area is 105 Å². The predicted octanol–water partition coefficient (Wildman–Crippen LogP) is 1.59. The first-order valence-electron chi connectivity index (χ1n) is 5.93. The van der Waals surface area contributed by atoms with Gasteiger partial charge < -0.3 is 9.16 Å². The van der Waals surface area contributed by atoms with E-state index in [1.165, 1.54) is 0 Å². The quantitative estimate of drug-likeness (QED) is 0.395. The molecule has 0 aromatic rings. The molecule has 0 fully saturated rings. The van der Waals surface area contributed by atoms with E-state index >= 15 is 0 Å². The highest BCUT2D eigenvalue weighted by atomic mass is 28.2. The molecule has 0 aliphatic heterocycles. The minimum absolute atomic E-state index is 0.386. The van der Waals surface area contributed by atoms with Gasteiger partial charge in [0.15, 0.2) is 0 Å². The summed E-state index contributed by atoms with van der Waals surface area (Å²) in [5.41, 5.74) is 0.422. The standard InChI is InChI=1S/C12H22O4Si/c1-9(2)7-8-15-11(13)5-6-12(14)16-17-10(3)4/h5-6,9-10H,7-8,17H2,1-4H3/b6-5-. The molecule has 0 aliphatic carbocycles. The van der Waals surface area contributed by atoms with E-state index in [2.05, 4.69) is 13.8 Å². The van der Waals surface area contributed by atoms with Crippen LogP contribution < -0.4 is 0 Å². The largest absolute Gasteiger partial charge is 0.522 e. The van der Waals surface area contributed by atoms with Gasteiger partial charge in [0.2, 0.25) is 9.76 Å². The molecule has 0 aliphatic rings. The molecule has 0 saturated heterocycles. The van der Waals surface area contributed by atoms with Crippen molar-refractivity contribution in [2.75, 3.05) is 6.61 Å². The lowest BCUT2D eigenvalue weighted by Crippen LogP contribution is -2.10. The summed E-state index contributed by atoms with van der Waals surface area (Å²) in [6.45, 7) is 8.50. The Balaban J connectivity index is 3.75. The maximum absolute atomic E-state index is 11.2. The summed E-state index contributed by atoms with van der Waals surface area (Å²) in [4.78, 5) is 22.3. The Kier molecular flexibility index (Phi) is 8.40. The number of ether oxygens (including phenoxy) is 1. The molecule has 17 heavy (non-hydrogen) atoms. The molecular formula is C12H22O4Si. The zero-order chi connectivity index (χ0) is 13.3. The van der Waals surface area contributed by atoms with Crippen molar-refractivity contribution in [3.63, 3.8) is 0 Å². The maximum Gasteiger partial charge on any atom is 0.331 e. The van der Waals surface area contributed by atoms with E-state index in [9.17, 15) is 9.59 Å². The van der Waals surface area contributed by atoms with Crippen LogP contribution in [0.5, 0.6) is 0 Å². The van der Waals surface area contributed by atoms with Crippen LogP contribution in [0.2, 0.25) is 5.54 Å². The van der Waals surface area contributed by atoms with Gasteiger partial charge in [0.05, 0.1) is 6.61 Å². The van der Waals surface area contributed by atoms with Crippen molar-refractivity contribution in [3.05, 3.63) is 12.2 Å². The summed E-state index contributed by atoms with van der Waals surface area (Å²) in [7, 11) is -0.826. The fourth-order valence-electron chi connectivity index (χ4n) is 0.876. The van der Waals surface area contributed by atoms with E-state index < -0.39 is 21.7 Å². The SMILES string of the molecule is CC(C)CCOC(=O)/C=C\C(=O)O[SiH2]C(C)C. The number of esters is 1. The Morgan fingerprint density at radius 1 is 1.12 bits per heavy atom. The van der Waals surface area contributed by atoms with Crippen LogP contribution in [-0.4, -0.2) is 28.3 Å². The molecule has 0 rings (SSSR count). The van der Waals surface area contributed by atoms with Crippen LogP contribution >= 0.6 is 0 Å². The Morgan fingerprint density at radius 2 is 1.71 bits per heavy atom. The van der Waals surface area contributed by atoms with Gasteiger partial charge in [-0.3, -0.25) is 0 Å². The smallest absolute Gasteiger partial charge is 0.331 e. The molecule has 0 radical (unpaired) electrons. The van der Waals surface area contributed by atoms with Gasteiger partial charge in [-0.15, -0.1) is 0 Å². The lowest BCUT2D eigenvalue weighted by molar-refractivity contribution is -0.138. The average Bonchev–Trinajstić information content (AvgIpc) is 2.23. The van der Waals surface area contributed by atoms with E-state index in [0.717, 1.165) is 18.6 Å². The summed E-state index contributed by atoms with van der Waals surface area (Å²) in [5, 5.41) is 0. The molecule has 4 nitrogen and oxygen atoms in total. The molecule has 5 heteroatoms. The van der Waals surface area contributed by atoms with Crippen LogP contribution in [0, 0.1) is 5.92 Å². The summed E-state index contributed by atoms with van der Waals surface area (Å²) in [5.74, 6) is -0.450.